The SMILES string of the molecule is Cc1ccc(Oc2ccccc2CNC(=O)Cc2csc(NC(=O)C(C)C)n2)cc1. The van der Waals surface area contributed by atoms with E-state index in [1.54, 1.807) is 5.38 Å². The Morgan fingerprint density at radius 2 is 1.83 bits per heavy atom. The van der Waals surface area contributed by atoms with Crippen molar-refractivity contribution in [3.63, 3.8) is 0 Å². The zero-order valence-corrected chi connectivity index (χ0v) is 18.1. The number of rotatable bonds is 8. The fraction of sp³-hybridized carbons (Fsp3) is 0.261. The van der Waals surface area contributed by atoms with Crippen molar-refractivity contribution in [3.8, 4) is 11.5 Å². The minimum absolute atomic E-state index is 0.0921. The molecule has 6 nitrogen and oxygen atoms in total. The monoisotopic (exact) mass is 423 g/mol. The first-order chi connectivity index (χ1) is 14.4. The Kier molecular flexibility index (Phi) is 7.19. The number of carbonyl (C=O) groups is 2. The Labute approximate surface area is 180 Å². The van der Waals surface area contributed by atoms with Crippen LogP contribution in [0.3, 0.4) is 0 Å². The van der Waals surface area contributed by atoms with Crippen molar-refractivity contribution >= 4 is 28.3 Å². The molecular weight excluding hydrogens is 398 g/mol. The summed E-state index contributed by atoms with van der Waals surface area (Å²) in [6.07, 6.45) is 0.148. The number of para-hydroxylation sites is 1. The van der Waals surface area contributed by atoms with Gasteiger partial charge in [0.15, 0.2) is 5.13 Å². The lowest BCUT2D eigenvalue weighted by Crippen LogP contribution is -2.25. The molecule has 0 aliphatic carbocycles. The summed E-state index contributed by atoms with van der Waals surface area (Å²) in [5.41, 5.74) is 2.67. The average Bonchev–Trinajstić information content (AvgIpc) is 3.15. The first kappa shape index (κ1) is 21.5. The number of ether oxygens (including phenoxy) is 1. The molecule has 30 heavy (non-hydrogen) atoms. The Hall–Kier alpha value is -3.19. The number of hydrogen-bond acceptors (Lipinski definition) is 5. The van der Waals surface area contributed by atoms with Crippen LogP contribution in [0.15, 0.2) is 53.9 Å². The number of thiazole rings is 1. The summed E-state index contributed by atoms with van der Waals surface area (Å²) in [5.74, 6) is 1.09. The Balaban J connectivity index is 1.56. The highest BCUT2D eigenvalue weighted by atomic mass is 32.1. The Morgan fingerprint density at radius 3 is 2.57 bits per heavy atom. The second-order valence-electron chi connectivity index (χ2n) is 7.26. The van der Waals surface area contributed by atoms with Crippen molar-refractivity contribution in [1.29, 1.82) is 0 Å². The molecule has 3 aromatic rings. The third-order valence-electron chi connectivity index (χ3n) is 4.35. The van der Waals surface area contributed by atoms with E-state index in [1.807, 2.05) is 69.3 Å². The van der Waals surface area contributed by atoms with Gasteiger partial charge in [0.1, 0.15) is 11.5 Å². The predicted molar refractivity (Wildman–Crippen MR) is 119 cm³/mol. The highest BCUT2D eigenvalue weighted by Crippen LogP contribution is 2.25. The molecule has 0 atom stereocenters. The van der Waals surface area contributed by atoms with Crippen LogP contribution in [0.2, 0.25) is 0 Å². The maximum absolute atomic E-state index is 12.4. The molecule has 0 bridgehead atoms. The van der Waals surface area contributed by atoms with Crippen LogP contribution in [0.4, 0.5) is 5.13 Å². The number of nitrogens with zero attached hydrogens (tertiary/aromatic N) is 1. The Morgan fingerprint density at radius 1 is 1.10 bits per heavy atom. The van der Waals surface area contributed by atoms with Crippen LogP contribution < -0.4 is 15.4 Å². The van der Waals surface area contributed by atoms with E-state index in [0.717, 1.165) is 16.9 Å². The van der Waals surface area contributed by atoms with E-state index in [2.05, 4.69) is 15.6 Å². The molecule has 2 N–H and O–H groups in total. The summed E-state index contributed by atoms with van der Waals surface area (Å²) in [6, 6.07) is 15.4. The predicted octanol–water partition coefficient (Wildman–Crippen LogP) is 4.70. The van der Waals surface area contributed by atoms with Gasteiger partial charge >= 0.3 is 0 Å². The van der Waals surface area contributed by atoms with E-state index in [0.29, 0.717) is 23.1 Å². The molecule has 0 saturated heterocycles. The van der Waals surface area contributed by atoms with Crippen molar-refractivity contribution in [1.82, 2.24) is 10.3 Å². The molecule has 0 saturated carbocycles. The molecule has 156 valence electrons. The molecule has 0 spiro atoms. The van der Waals surface area contributed by atoms with Gasteiger partial charge in [-0.05, 0) is 25.1 Å². The normalized spacial score (nSPS) is 10.7. The molecule has 0 unspecified atom stereocenters. The maximum atomic E-state index is 12.4. The van der Waals surface area contributed by atoms with E-state index in [4.69, 9.17) is 4.74 Å². The summed E-state index contributed by atoms with van der Waals surface area (Å²) >= 11 is 1.31. The van der Waals surface area contributed by atoms with E-state index >= 15 is 0 Å². The lowest BCUT2D eigenvalue weighted by atomic mass is 10.2. The quantitative estimate of drug-likeness (QED) is 0.550. The first-order valence-corrected chi connectivity index (χ1v) is 10.6. The first-order valence-electron chi connectivity index (χ1n) is 9.75. The number of aryl methyl sites for hydroxylation is 1. The standard InChI is InChI=1S/C23H25N3O3S/c1-15(2)22(28)26-23-25-18(14-30-23)12-21(27)24-13-17-6-4-5-7-20(17)29-19-10-8-16(3)9-11-19/h4-11,14-15H,12-13H2,1-3H3,(H,24,27)(H,25,26,28). The van der Waals surface area contributed by atoms with Crippen LogP contribution in [0.1, 0.15) is 30.7 Å². The van der Waals surface area contributed by atoms with E-state index in [1.165, 1.54) is 11.3 Å². The highest BCUT2D eigenvalue weighted by molar-refractivity contribution is 7.13. The number of aromatic nitrogens is 1. The zero-order chi connectivity index (χ0) is 21.5. The molecule has 0 aliphatic rings. The number of hydrogen-bond donors (Lipinski definition) is 2. The molecule has 1 aromatic heterocycles. The summed E-state index contributed by atoms with van der Waals surface area (Å²) in [5, 5.41) is 7.95. The van der Waals surface area contributed by atoms with Crippen molar-refractivity contribution in [3.05, 3.63) is 70.7 Å². The minimum Gasteiger partial charge on any atom is -0.457 e. The largest absolute Gasteiger partial charge is 0.457 e. The van der Waals surface area contributed by atoms with Crippen LogP contribution in [0.5, 0.6) is 11.5 Å². The molecule has 0 aliphatic heterocycles. The van der Waals surface area contributed by atoms with Gasteiger partial charge in [-0.3, -0.25) is 9.59 Å². The minimum atomic E-state index is -0.146. The fourth-order valence-electron chi connectivity index (χ4n) is 2.60. The van der Waals surface area contributed by atoms with Crippen molar-refractivity contribution in [2.45, 2.75) is 33.7 Å². The third kappa shape index (κ3) is 6.15. The van der Waals surface area contributed by atoms with Gasteiger partial charge in [0, 0.05) is 23.4 Å². The van der Waals surface area contributed by atoms with Crippen LogP contribution in [0.25, 0.3) is 0 Å². The van der Waals surface area contributed by atoms with Crippen LogP contribution >= 0.6 is 11.3 Å². The summed E-state index contributed by atoms with van der Waals surface area (Å²) in [6.45, 7) is 6.01. The fourth-order valence-corrected chi connectivity index (χ4v) is 3.31. The summed E-state index contributed by atoms with van der Waals surface area (Å²) < 4.78 is 5.97. The Bertz CT molecular complexity index is 1010. The van der Waals surface area contributed by atoms with E-state index in [9.17, 15) is 9.59 Å². The third-order valence-corrected chi connectivity index (χ3v) is 5.15. The molecule has 7 heteroatoms. The van der Waals surface area contributed by atoms with E-state index < -0.39 is 0 Å². The molecule has 2 amide bonds. The van der Waals surface area contributed by atoms with Gasteiger partial charge in [0.05, 0.1) is 12.1 Å². The average molecular weight is 424 g/mol. The second-order valence-corrected chi connectivity index (χ2v) is 8.12. The number of benzene rings is 2. The molecule has 3 rings (SSSR count). The molecule has 1 heterocycles. The number of nitrogens with one attached hydrogen (secondary N) is 2. The topological polar surface area (TPSA) is 80.3 Å². The summed E-state index contributed by atoms with van der Waals surface area (Å²) in [7, 11) is 0. The smallest absolute Gasteiger partial charge is 0.228 e. The second kappa shape index (κ2) is 10.0. The van der Waals surface area contributed by atoms with Crippen LogP contribution in [0, 0.1) is 12.8 Å². The van der Waals surface area contributed by atoms with Crippen molar-refractivity contribution < 1.29 is 14.3 Å². The molecular formula is C23H25N3O3S. The van der Waals surface area contributed by atoms with E-state index in [-0.39, 0.29) is 24.2 Å². The molecule has 0 fully saturated rings. The van der Waals surface area contributed by atoms with Crippen LogP contribution in [-0.4, -0.2) is 16.8 Å². The van der Waals surface area contributed by atoms with Crippen molar-refractivity contribution in [2.75, 3.05) is 5.32 Å². The van der Waals surface area contributed by atoms with Gasteiger partial charge in [0.25, 0.3) is 0 Å². The number of amides is 2. The highest BCUT2D eigenvalue weighted by Gasteiger charge is 2.12. The summed E-state index contributed by atoms with van der Waals surface area (Å²) in [4.78, 5) is 28.4. The van der Waals surface area contributed by atoms with Gasteiger partial charge in [0.2, 0.25) is 11.8 Å². The maximum Gasteiger partial charge on any atom is 0.228 e. The zero-order valence-electron chi connectivity index (χ0n) is 17.3. The number of carbonyl (C=O) groups excluding carboxylic acids is 2. The van der Waals surface area contributed by atoms with Gasteiger partial charge in [-0.2, -0.15) is 0 Å². The molecule has 2 aromatic carbocycles. The van der Waals surface area contributed by atoms with Crippen molar-refractivity contribution in [2.24, 2.45) is 5.92 Å². The molecule has 0 radical (unpaired) electrons. The number of anilines is 1. The van der Waals surface area contributed by atoms with Gasteiger partial charge < -0.3 is 15.4 Å². The lowest BCUT2D eigenvalue weighted by molar-refractivity contribution is -0.120. The van der Waals surface area contributed by atoms with Gasteiger partial charge in [-0.15, -0.1) is 11.3 Å². The van der Waals surface area contributed by atoms with Gasteiger partial charge in [-0.1, -0.05) is 49.7 Å². The van der Waals surface area contributed by atoms with Gasteiger partial charge in [-0.25, -0.2) is 4.98 Å². The lowest BCUT2D eigenvalue weighted by Gasteiger charge is -2.12. The van der Waals surface area contributed by atoms with Crippen LogP contribution in [-0.2, 0) is 22.6 Å².